The Balaban J connectivity index is 1.92. The topological polar surface area (TPSA) is 82.2 Å². The summed E-state index contributed by atoms with van der Waals surface area (Å²) >= 11 is 0. The molecule has 0 bridgehead atoms. The van der Waals surface area contributed by atoms with Crippen molar-refractivity contribution in [1.82, 2.24) is 9.78 Å². The zero-order valence-electron chi connectivity index (χ0n) is 11.7. The maximum Gasteiger partial charge on any atom is 0.239 e. The number of nitrogens with two attached hydrogens (primary N) is 1. The second-order valence-electron chi connectivity index (χ2n) is 5.59. The molecular weight excluding hydrogens is 244 g/mol. The van der Waals surface area contributed by atoms with Crippen molar-refractivity contribution in [2.45, 2.75) is 45.9 Å². The van der Waals surface area contributed by atoms with Crippen molar-refractivity contribution < 1.29 is 9.53 Å². The van der Waals surface area contributed by atoms with E-state index in [0.717, 1.165) is 18.7 Å². The lowest BCUT2D eigenvalue weighted by Crippen LogP contribution is -2.58. The van der Waals surface area contributed by atoms with Gasteiger partial charge in [0, 0.05) is 24.3 Å². The standard InChI is InChI=1S/C13H22N4O2/c1-4-19-11-5-10(13(11,2)3)16-9-6-15-17(7-9)8-12(14)18/h6-7,10-11,16H,4-5,8H2,1-3H3,(H2,14,18). The van der Waals surface area contributed by atoms with Gasteiger partial charge in [-0.2, -0.15) is 5.10 Å². The van der Waals surface area contributed by atoms with E-state index in [1.54, 1.807) is 12.4 Å². The lowest BCUT2D eigenvalue weighted by molar-refractivity contribution is -0.118. The Morgan fingerprint density at radius 2 is 2.42 bits per heavy atom. The molecule has 0 spiro atoms. The van der Waals surface area contributed by atoms with Crippen LogP contribution in [0.1, 0.15) is 27.2 Å². The minimum absolute atomic E-state index is 0.0990. The summed E-state index contributed by atoms with van der Waals surface area (Å²) in [5, 5.41) is 7.53. The van der Waals surface area contributed by atoms with Gasteiger partial charge in [0.1, 0.15) is 6.54 Å². The molecule has 0 aliphatic heterocycles. The minimum Gasteiger partial charge on any atom is -0.379 e. The van der Waals surface area contributed by atoms with E-state index in [1.807, 2.05) is 6.92 Å². The number of nitrogens with zero attached hydrogens (tertiary/aromatic N) is 2. The maximum absolute atomic E-state index is 10.8. The molecule has 6 heteroatoms. The predicted octanol–water partition coefficient (Wildman–Crippen LogP) is 0.984. The quantitative estimate of drug-likeness (QED) is 0.804. The molecule has 2 atom stereocenters. The Bertz CT molecular complexity index is 455. The molecule has 3 N–H and O–H groups in total. The van der Waals surface area contributed by atoms with Crippen molar-refractivity contribution in [3.8, 4) is 0 Å². The highest BCUT2D eigenvalue weighted by atomic mass is 16.5. The molecule has 2 rings (SSSR count). The van der Waals surface area contributed by atoms with Gasteiger partial charge in [-0.25, -0.2) is 0 Å². The average molecular weight is 266 g/mol. The van der Waals surface area contributed by atoms with E-state index in [9.17, 15) is 4.79 Å². The van der Waals surface area contributed by atoms with E-state index in [4.69, 9.17) is 10.5 Å². The number of aromatic nitrogens is 2. The molecule has 19 heavy (non-hydrogen) atoms. The van der Waals surface area contributed by atoms with E-state index in [0.29, 0.717) is 12.1 Å². The van der Waals surface area contributed by atoms with Crippen LogP contribution in [-0.4, -0.2) is 34.4 Å². The second-order valence-corrected chi connectivity index (χ2v) is 5.59. The SMILES string of the molecule is CCOC1CC(Nc2cnn(CC(N)=O)c2)C1(C)C. The lowest BCUT2D eigenvalue weighted by Gasteiger charge is -2.51. The van der Waals surface area contributed by atoms with Gasteiger partial charge in [0.05, 0.1) is 18.0 Å². The van der Waals surface area contributed by atoms with Crippen LogP contribution in [0.25, 0.3) is 0 Å². The van der Waals surface area contributed by atoms with Crippen LogP contribution in [0, 0.1) is 5.41 Å². The minimum atomic E-state index is -0.393. The van der Waals surface area contributed by atoms with E-state index >= 15 is 0 Å². The summed E-state index contributed by atoms with van der Waals surface area (Å²) in [7, 11) is 0. The number of primary amides is 1. The Labute approximate surface area is 113 Å². The molecule has 106 valence electrons. The van der Waals surface area contributed by atoms with Crippen LogP contribution < -0.4 is 11.1 Å². The average Bonchev–Trinajstić information content (AvgIpc) is 2.74. The van der Waals surface area contributed by atoms with E-state index in [1.165, 1.54) is 4.68 Å². The monoisotopic (exact) mass is 266 g/mol. The number of anilines is 1. The normalized spacial score (nSPS) is 24.8. The largest absolute Gasteiger partial charge is 0.379 e. The number of nitrogens with one attached hydrogen (secondary N) is 1. The summed E-state index contributed by atoms with van der Waals surface area (Å²) in [5.74, 6) is -0.393. The number of carbonyl (C=O) groups is 1. The third kappa shape index (κ3) is 2.89. The fraction of sp³-hybridized carbons (Fsp3) is 0.692. The molecule has 1 aliphatic carbocycles. The molecule has 1 heterocycles. The number of hydrogen-bond donors (Lipinski definition) is 2. The van der Waals surface area contributed by atoms with Crippen molar-refractivity contribution in [3.63, 3.8) is 0 Å². The molecular formula is C13H22N4O2. The molecule has 0 saturated heterocycles. The Morgan fingerprint density at radius 1 is 1.68 bits per heavy atom. The molecule has 6 nitrogen and oxygen atoms in total. The molecule has 1 aromatic heterocycles. The highest BCUT2D eigenvalue weighted by Crippen LogP contribution is 2.44. The van der Waals surface area contributed by atoms with Crippen molar-refractivity contribution in [3.05, 3.63) is 12.4 Å². The summed E-state index contributed by atoms with van der Waals surface area (Å²) in [5.41, 5.74) is 6.14. The first-order valence-electron chi connectivity index (χ1n) is 6.62. The Kier molecular flexibility index (Phi) is 3.80. The number of hydrogen-bond acceptors (Lipinski definition) is 4. The molecule has 1 aliphatic rings. The van der Waals surface area contributed by atoms with Crippen LogP contribution in [0.15, 0.2) is 12.4 Å². The Morgan fingerprint density at radius 3 is 3.00 bits per heavy atom. The molecule has 1 fully saturated rings. The van der Waals surface area contributed by atoms with Gasteiger partial charge in [-0.15, -0.1) is 0 Å². The van der Waals surface area contributed by atoms with Crippen molar-refractivity contribution in [2.75, 3.05) is 11.9 Å². The smallest absolute Gasteiger partial charge is 0.239 e. The maximum atomic E-state index is 10.8. The summed E-state index contributed by atoms with van der Waals surface area (Å²) in [6.07, 6.45) is 4.81. The van der Waals surface area contributed by atoms with Gasteiger partial charge >= 0.3 is 0 Å². The number of ether oxygens (including phenoxy) is 1. The van der Waals surface area contributed by atoms with Gasteiger partial charge in [0.2, 0.25) is 5.91 Å². The number of carbonyl (C=O) groups excluding carboxylic acids is 1. The van der Waals surface area contributed by atoms with Gasteiger partial charge in [-0.1, -0.05) is 13.8 Å². The first kappa shape index (κ1) is 13.9. The van der Waals surface area contributed by atoms with Gasteiger partial charge < -0.3 is 15.8 Å². The van der Waals surface area contributed by atoms with Gasteiger partial charge in [0.25, 0.3) is 0 Å². The van der Waals surface area contributed by atoms with Crippen molar-refractivity contribution in [1.29, 1.82) is 0 Å². The fourth-order valence-corrected chi connectivity index (χ4v) is 2.50. The van der Waals surface area contributed by atoms with E-state index < -0.39 is 5.91 Å². The van der Waals surface area contributed by atoms with Crippen LogP contribution >= 0.6 is 0 Å². The van der Waals surface area contributed by atoms with Crippen LogP contribution in [0.2, 0.25) is 0 Å². The predicted molar refractivity (Wildman–Crippen MR) is 72.6 cm³/mol. The first-order valence-corrected chi connectivity index (χ1v) is 6.62. The van der Waals surface area contributed by atoms with Crippen LogP contribution in [0.5, 0.6) is 0 Å². The zero-order chi connectivity index (χ0) is 14.0. The summed E-state index contributed by atoms with van der Waals surface area (Å²) < 4.78 is 7.23. The van der Waals surface area contributed by atoms with Gasteiger partial charge in [0.15, 0.2) is 0 Å². The third-order valence-corrected chi connectivity index (χ3v) is 3.84. The van der Waals surface area contributed by atoms with E-state index in [-0.39, 0.29) is 12.0 Å². The summed E-state index contributed by atoms with van der Waals surface area (Å²) in [6, 6.07) is 0.357. The highest BCUT2D eigenvalue weighted by molar-refractivity contribution is 5.73. The molecule has 1 amide bonds. The zero-order valence-corrected chi connectivity index (χ0v) is 11.7. The van der Waals surface area contributed by atoms with Crippen molar-refractivity contribution >= 4 is 11.6 Å². The third-order valence-electron chi connectivity index (χ3n) is 3.84. The van der Waals surface area contributed by atoms with Crippen LogP contribution in [-0.2, 0) is 16.1 Å². The Hall–Kier alpha value is -1.56. The molecule has 2 unspecified atom stereocenters. The van der Waals surface area contributed by atoms with E-state index in [2.05, 4.69) is 24.3 Å². The molecule has 0 aromatic carbocycles. The molecule has 1 aromatic rings. The highest BCUT2D eigenvalue weighted by Gasteiger charge is 2.48. The number of amides is 1. The molecule has 0 radical (unpaired) electrons. The second kappa shape index (κ2) is 5.21. The van der Waals surface area contributed by atoms with Gasteiger partial charge in [-0.3, -0.25) is 9.48 Å². The summed E-state index contributed by atoms with van der Waals surface area (Å²) in [4.78, 5) is 10.8. The first-order chi connectivity index (χ1) is 8.93. The summed E-state index contributed by atoms with van der Waals surface area (Å²) in [6.45, 7) is 7.27. The number of rotatable bonds is 6. The van der Waals surface area contributed by atoms with Gasteiger partial charge in [-0.05, 0) is 13.3 Å². The van der Waals surface area contributed by atoms with Crippen LogP contribution in [0.3, 0.4) is 0 Å². The molecule has 1 saturated carbocycles. The fourth-order valence-electron chi connectivity index (χ4n) is 2.50. The van der Waals surface area contributed by atoms with Crippen molar-refractivity contribution in [2.24, 2.45) is 11.1 Å². The van der Waals surface area contributed by atoms with Crippen LogP contribution in [0.4, 0.5) is 5.69 Å². The lowest BCUT2D eigenvalue weighted by atomic mass is 9.64.